The third-order valence-electron chi connectivity index (χ3n) is 3.49. The molecule has 2 N–H and O–H groups in total. The summed E-state index contributed by atoms with van der Waals surface area (Å²) in [7, 11) is 1.85. The fourth-order valence-corrected chi connectivity index (χ4v) is 2.81. The van der Waals surface area contributed by atoms with Crippen molar-refractivity contribution < 1.29 is 9.84 Å². The van der Waals surface area contributed by atoms with Crippen LogP contribution in [0.1, 0.15) is 24.7 Å². The second kappa shape index (κ2) is 5.79. The van der Waals surface area contributed by atoms with Crippen LogP contribution in [0.5, 0.6) is 0 Å². The van der Waals surface area contributed by atoms with Crippen molar-refractivity contribution >= 4 is 11.6 Å². The second-order valence-electron chi connectivity index (χ2n) is 5.57. The summed E-state index contributed by atoms with van der Waals surface area (Å²) in [6, 6.07) is 0.192. The van der Waals surface area contributed by atoms with Crippen molar-refractivity contribution in [1.29, 1.82) is 0 Å². The summed E-state index contributed by atoms with van der Waals surface area (Å²) in [6.45, 7) is 5.94. The van der Waals surface area contributed by atoms with Gasteiger partial charge in [-0.15, -0.1) is 0 Å². The number of nitrogens with zero attached hydrogens (tertiary/aromatic N) is 2. The van der Waals surface area contributed by atoms with Crippen LogP contribution < -0.4 is 5.32 Å². The lowest BCUT2D eigenvalue weighted by Crippen LogP contribution is -2.46. The van der Waals surface area contributed by atoms with Crippen molar-refractivity contribution in [1.82, 2.24) is 15.1 Å². The van der Waals surface area contributed by atoms with Gasteiger partial charge in [0.15, 0.2) is 0 Å². The van der Waals surface area contributed by atoms with E-state index in [0.29, 0.717) is 24.5 Å². The van der Waals surface area contributed by atoms with Crippen LogP contribution in [-0.2, 0) is 18.2 Å². The fraction of sp³-hybridized carbons (Fsp3) is 0.769. The third kappa shape index (κ3) is 3.69. The Balaban J connectivity index is 2.03. The number of hydrogen-bond acceptors (Lipinski definition) is 4. The second-order valence-corrected chi connectivity index (χ2v) is 5.95. The minimum Gasteiger partial charge on any atom is -0.390 e. The summed E-state index contributed by atoms with van der Waals surface area (Å²) in [5.74, 6) is 0. The van der Waals surface area contributed by atoms with Crippen LogP contribution in [0.3, 0.4) is 0 Å². The SMILES string of the molecule is Cc1nn(C)c(CC(C)(O)CC2COCCN2)c1Cl. The van der Waals surface area contributed by atoms with E-state index in [1.54, 1.807) is 4.68 Å². The third-order valence-corrected chi connectivity index (χ3v) is 3.99. The van der Waals surface area contributed by atoms with E-state index < -0.39 is 5.60 Å². The minimum absolute atomic E-state index is 0.192. The van der Waals surface area contributed by atoms with E-state index in [9.17, 15) is 5.11 Å². The number of aryl methyl sites for hydroxylation is 2. The van der Waals surface area contributed by atoms with Crippen molar-refractivity contribution in [3.05, 3.63) is 16.4 Å². The zero-order valence-corrected chi connectivity index (χ0v) is 12.5. The fourth-order valence-electron chi connectivity index (χ4n) is 2.59. The highest BCUT2D eigenvalue weighted by Crippen LogP contribution is 2.26. The number of morpholine rings is 1. The van der Waals surface area contributed by atoms with Crippen molar-refractivity contribution in [2.45, 2.75) is 38.3 Å². The number of nitrogens with one attached hydrogen (secondary N) is 1. The summed E-state index contributed by atoms with van der Waals surface area (Å²) in [5, 5.41) is 18.9. The van der Waals surface area contributed by atoms with Crippen LogP contribution in [0.25, 0.3) is 0 Å². The highest BCUT2D eigenvalue weighted by molar-refractivity contribution is 6.31. The molecule has 1 aromatic rings. The Labute approximate surface area is 118 Å². The van der Waals surface area contributed by atoms with Crippen LogP contribution in [0.4, 0.5) is 0 Å². The first kappa shape index (κ1) is 14.8. The first-order valence-electron chi connectivity index (χ1n) is 6.60. The van der Waals surface area contributed by atoms with E-state index in [-0.39, 0.29) is 6.04 Å². The summed E-state index contributed by atoms with van der Waals surface area (Å²) in [6.07, 6.45) is 1.12. The average Bonchev–Trinajstić information content (AvgIpc) is 2.56. The van der Waals surface area contributed by atoms with E-state index in [0.717, 1.165) is 24.5 Å². The predicted molar refractivity (Wildman–Crippen MR) is 74.5 cm³/mol. The smallest absolute Gasteiger partial charge is 0.0848 e. The standard InChI is InChI=1S/C13H22ClN3O2/c1-9-12(14)11(17(3)16-9)7-13(2,18)6-10-8-19-5-4-15-10/h10,15,18H,4-8H2,1-3H3. The molecule has 5 nitrogen and oxygen atoms in total. The van der Waals surface area contributed by atoms with Crippen LogP contribution in [-0.4, -0.2) is 46.3 Å². The number of rotatable bonds is 4. The van der Waals surface area contributed by atoms with Gasteiger partial charge in [-0.25, -0.2) is 0 Å². The lowest BCUT2D eigenvalue weighted by Gasteiger charge is -2.31. The Hall–Kier alpha value is -0.620. The molecule has 2 rings (SSSR count). The first-order chi connectivity index (χ1) is 8.89. The van der Waals surface area contributed by atoms with Gasteiger partial charge in [-0.1, -0.05) is 11.6 Å². The molecule has 0 radical (unpaired) electrons. The average molecular weight is 288 g/mol. The number of hydrogen-bond donors (Lipinski definition) is 2. The van der Waals surface area contributed by atoms with Gasteiger partial charge >= 0.3 is 0 Å². The summed E-state index contributed by atoms with van der Waals surface area (Å²) >= 11 is 6.23. The van der Waals surface area contributed by atoms with Gasteiger partial charge < -0.3 is 15.2 Å². The molecule has 19 heavy (non-hydrogen) atoms. The Morgan fingerprint density at radius 2 is 2.37 bits per heavy atom. The molecule has 1 saturated heterocycles. The molecule has 1 fully saturated rings. The summed E-state index contributed by atoms with van der Waals surface area (Å²) < 4.78 is 7.16. The molecule has 1 aliphatic rings. The van der Waals surface area contributed by atoms with Crippen LogP contribution in [0.2, 0.25) is 5.02 Å². The molecule has 0 spiro atoms. The zero-order valence-electron chi connectivity index (χ0n) is 11.7. The molecule has 2 atom stereocenters. The Morgan fingerprint density at radius 3 is 2.89 bits per heavy atom. The number of aliphatic hydroxyl groups is 1. The molecule has 2 heterocycles. The molecule has 6 heteroatoms. The predicted octanol–water partition coefficient (Wildman–Crippen LogP) is 1.05. The van der Waals surface area contributed by atoms with Gasteiger partial charge in [0.1, 0.15) is 0 Å². The maximum atomic E-state index is 10.6. The molecule has 108 valence electrons. The first-order valence-corrected chi connectivity index (χ1v) is 6.98. The molecular weight excluding hydrogens is 266 g/mol. The van der Waals surface area contributed by atoms with Gasteiger partial charge in [0.25, 0.3) is 0 Å². The topological polar surface area (TPSA) is 59.3 Å². The van der Waals surface area contributed by atoms with Crippen LogP contribution >= 0.6 is 11.6 Å². The highest BCUT2D eigenvalue weighted by atomic mass is 35.5. The maximum Gasteiger partial charge on any atom is 0.0848 e. The Kier molecular flexibility index (Phi) is 4.50. The van der Waals surface area contributed by atoms with E-state index >= 15 is 0 Å². The van der Waals surface area contributed by atoms with Gasteiger partial charge in [0.05, 0.1) is 35.2 Å². The normalized spacial score (nSPS) is 23.3. The molecule has 0 bridgehead atoms. The number of ether oxygens (including phenoxy) is 1. The summed E-state index contributed by atoms with van der Waals surface area (Å²) in [4.78, 5) is 0. The van der Waals surface area contributed by atoms with Crippen molar-refractivity contribution in [3.63, 3.8) is 0 Å². The maximum absolute atomic E-state index is 10.6. The van der Waals surface area contributed by atoms with E-state index in [1.807, 2.05) is 20.9 Å². The molecule has 2 unspecified atom stereocenters. The van der Waals surface area contributed by atoms with E-state index in [4.69, 9.17) is 16.3 Å². The lowest BCUT2D eigenvalue weighted by atomic mass is 9.91. The van der Waals surface area contributed by atoms with Crippen molar-refractivity contribution in [2.75, 3.05) is 19.8 Å². The Bertz CT molecular complexity index is 439. The molecule has 0 saturated carbocycles. The lowest BCUT2D eigenvalue weighted by molar-refractivity contribution is 0.00549. The molecule has 0 aliphatic carbocycles. The van der Waals surface area contributed by atoms with Crippen LogP contribution in [0, 0.1) is 6.92 Å². The number of aromatic nitrogens is 2. The van der Waals surface area contributed by atoms with E-state index in [1.165, 1.54) is 0 Å². The summed E-state index contributed by atoms with van der Waals surface area (Å²) in [5.41, 5.74) is 0.845. The van der Waals surface area contributed by atoms with Gasteiger partial charge in [0.2, 0.25) is 0 Å². The highest BCUT2D eigenvalue weighted by Gasteiger charge is 2.29. The molecular formula is C13H22ClN3O2. The van der Waals surface area contributed by atoms with Gasteiger partial charge in [0, 0.05) is 26.1 Å². The zero-order chi connectivity index (χ0) is 14.0. The quantitative estimate of drug-likeness (QED) is 0.869. The monoisotopic (exact) mass is 287 g/mol. The van der Waals surface area contributed by atoms with Gasteiger partial charge in [-0.3, -0.25) is 4.68 Å². The van der Waals surface area contributed by atoms with Crippen molar-refractivity contribution in [3.8, 4) is 0 Å². The minimum atomic E-state index is -0.831. The van der Waals surface area contributed by atoms with Crippen LogP contribution in [0.15, 0.2) is 0 Å². The Morgan fingerprint density at radius 1 is 1.63 bits per heavy atom. The largest absolute Gasteiger partial charge is 0.390 e. The molecule has 0 aromatic carbocycles. The van der Waals surface area contributed by atoms with Gasteiger partial charge in [-0.05, 0) is 20.3 Å². The van der Waals surface area contributed by atoms with Gasteiger partial charge in [-0.2, -0.15) is 5.10 Å². The number of halogens is 1. The molecule has 0 amide bonds. The molecule has 1 aliphatic heterocycles. The van der Waals surface area contributed by atoms with Crippen molar-refractivity contribution in [2.24, 2.45) is 7.05 Å². The van der Waals surface area contributed by atoms with E-state index in [2.05, 4.69) is 10.4 Å². The molecule has 1 aromatic heterocycles.